The lowest BCUT2D eigenvalue weighted by Gasteiger charge is -2.14. The molecule has 7 heteroatoms. The normalized spacial score (nSPS) is 12.2. The highest BCUT2D eigenvalue weighted by atomic mass is 79.9. The van der Waals surface area contributed by atoms with Crippen LogP contribution in [0, 0.1) is 5.92 Å². The van der Waals surface area contributed by atoms with E-state index in [-0.39, 0.29) is 29.0 Å². The van der Waals surface area contributed by atoms with Gasteiger partial charge in [0.15, 0.2) is 0 Å². The van der Waals surface area contributed by atoms with E-state index in [0.29, 0.717) is 22.3 Å². The van der Waals surface area contributed by atoms with Crippen molar-refractivity contribution in [2.24, 2.45) is 5.92 Å². The molecular weight excluding hydrogens is 376 g/mol. The molecule has 1 amide bonds. The molecule has 1 atom stereocenters. The third-order valence-corrected chi connectivity index (χ3v) is 5.04. The molecule has 6 nitrogen and oxygen atoms in total. The monoisotopic (exact) mass is 396 g/mol. The molecule has 2 rings (SSSR count). The van der Waals surface area contributed by atoms with Gasteiger partial charge in [-0.15, -0.1) is 0 Å². The number of H-pyrrole nitrogens is 1. The van der Waals surface area contributed by atoms with E-state index in [4.69, 9.17) is 9.47 Å². The van der Waals surface area contributed by atoms with Crippen LogP contribution in [0.1, 0.15) is 31.3 Å². The Labute approximate surface area is 149 Å². The molecule has 130 valence electrons. The lowest BCUT2D eigenvalue weighted by Crippen LogP contribution is -2.27. The Hall–Kier alpha value is -2.02. The Morgan fingerprint density at radius 1 is 1.33 bits per heavy atom. The number of nitrogens with one attached hydrogen (secondary N) is 2. The van der Waals surface area contributed by atoms with E-state index >= 15 is 0 Å². The van der Waals surface area contributed by atoms with Crippen molar-refractivity contribution in [3.63, 3.8) is 0 Å². The Bertz CT molecular complexity index is 754. The standard InChI is InChI=1S/C17H21BrN2O4/c1-5-24-17(22)15-14(20-16(21)13(18)9(2)3)11-8-10(23-4)6-7-12(11)19-15/h6-9,13,19H,5H2,1-4H3,(H,20,21). The van der Waals surface area contributed by atoms with Crippen LogP contribution in [-0.4, -0.2) is 35.4 Å². The minimum Gasteiger partial charge on any atom is -0.497 e. The minimum absolute atomic E-state index is 0.107. The summed E-state index contributed by atoms with van der Waals surface area (Å²) < 4.78 is 10.3. The molecule has 0 spiro atoms. The van der Waals surface area contributed by atoms with Crippen LogP contribution in [0.5, 0.6) is 5.75 Å². The number of benzene rings is 1. The first-order chi connectivity index (χ1) is 11.4. The molecular formula is C17H21BrN2O4. The Kier molecular flexibility index (Phi) is 5.88. The number of fused-ring (bicyclic) bond motifs is 1. The summed E-state index contributed by atoms with van der Waals surface area (Å²) in [6, 6.07) is 5.34. The number of ether oxygens (including phenoxy) is 2. The van der Waals surface area contributed by atoms with Crippen molar-refractivity contribution in [2.45, 2.75) is 25.6 Å². The summed E-state index contributed by atoms with van der Waals surface area (Å²) in [6.07, 6.45) is 0. The van der Waals surface area contributed by atoms with Gasteiger partial charge in [-0.1, -0.05) is 29.8 Å². The second kappa shape index (κ2) is 7.70. The number of carbonyl (C=O) groups excluding carboxylic acids is 2. The van der Waals surface area contributed by atoms with Crippen molar-refractivity contribution in [3.8, 4) is 5.75 Å². The molecule has 0 aliphatic heterocycles. The number of alkyl halides is 1. The molecule has 0 radical (unpaired) electrons. The highest BCUT2D eigenvalue weighted by Crippen LogP contribution is 2.32. The van der Waals surface area contributed by atoms with Gasteiger partial charge in [0.2, 0.25) is 5.91 Å². The van der Waals surface area contributed by atoms with Gasteiger partial charge in [0.05, 0.1) is 24.2 Å². The van der Waals surface area contributed by atoms with Crippen LogP contribution in [0.4, 0.5) is 5.69 Å². The van der Waals surface area contributed by atoms with Gasteiger partial charge in [0, 0.05) is 10.9 Å². The number of rotatable bonds is 6. The summed E-state index contributed by atoms with van der Waals surface area (Å²) in [6.45, 7) is 5.85. The number of hydrogen-bond donors (Lipinski definition) is 2. The highest BCUT2D eigenvalue weighted by Gasteiger charge is 2.25. The molecule has 0 saturated heterocycles. The summed E-state index contributed by atoms with van der Waals surface area (Å²) in [5.74, 6) is 0.000324. The van der Waals surface area contributed by atoms with E-state index in [1.165, 1.54) is 0 Å². The van der Waals surface area contributed by atoms with Crippen LogP contribution in [0.3, 0.4) is 0 Å². The van der Waals surface area contributed by atoms with E-state index in [2.05, 4.69) is 26.2 Å². The molecule has 1 unspecified atom stereocenters. The predicted molar refractivity (Wildman–Crippen MR) is 97.0 cm³/mol. The SMILES string of the molecule is CCOC(=O)c1[nH]c2ccc(OC)cc2c1NC(=O)C(Br)C(C)C. The Balaban J connectivity index is 2.51. The maximum Gasteiger partial charge on any atom is 0.356 e. The summed E-state index contributed by atoms with van der Waals surface area (Å²) in [7, 11) is 1.56. The van der Waals surface area contributed by atoms with Gasteiger partial charge in [0.1, 0.15) is 11.4 Å². The van der Waals surface area contributed by atoms with Crippen molar-refractivity contribution < 1.29 is 19.1 Å². The largest absolute Gasteiger partial charge is 0.497 e. The summed E-state index contributed by atoms with van der Waals surface area (Å²) >= 11 is 3.37. The van der Waals surface area contributed by atoms with E-state index in [1.807, 2.05) is 13.8 Å². The van der Waals surface area contributed by atoms with E-state index in [9.17, 15) is 9.59 Å². The third kappa shape index (κ3) is 3.72. The second-order valence-corrected chi connectivity index (χ2v) is 6.63. The third-order valence-electron chi connectivity index (χ3n) is 3.57. The molecule has 1 aromatic carbocycles. The fourth-order valence-corrected chi connectivity index (χ4v) is 2.39. The molecule has 1 aromatic heterocycles. The smallest absolute Gasteiger partial charge is 0.356 e. The number of esters is 1. The summed E-state index contributed by atoms with van der Waals surface area (Å²) in [5.41, 5.74) is 1.33. The van der Waals surface area contributed by atoms with Gasteiger partial charge in [0.25, 0.3) is 0 Å². The molecule has 0 aliphatic carbocycles. The van der Waals surface area contributed by atoms with Crippen molar-refractivity contribution in [3.05, 3.63) is 23.9 Å². The number of hydrogen-bond acceptors (Lipinski definition) is 4. The zero-order valence-electron chi connectivity index (χ0n) is 14.1. The number of anilines is 1. The maximum atomic E-state index is 12.4. The van der Waals surface area contributed by atoms with E-state index in [1.54, 1.807) is 32.2 Å². The quantitative estimate of drug-likeness (QED) is 0.575. The van der Waals surface area contributed by atoms with Crippen molar-refractivity contribution in [2.75, 3.05) is 19.0 Å². The molecule has 2 aromatic rings. The van der Waals surface area contributed by atoms with Crippen LogP contribution in [0.15, 0.2) is 18.2 Å². The van der Waals surface area contributed by atoms with Gasteiger partial charge in [-0.25, -0.2) is 4.79 Å². The van der Waals surface area contributed by atoms with Gasteiger partial charge in [-0.3, -0.25) is 4.79 Å². The molecule has 0 aliphatic rings. The molecule has 0 saturated carbocycles. The second-order valence-electron chi connectivity index (χ2n) is 5.64. The van der Waals surface area contributed by atoms with Gasteiger partial charge in [-0.2, -0.15) is 0 Å². The van der Waals surface area contributed by atoms with Crippen LogP contribution >= 0.6 is 15.9 Å². The maximum absolute atomic E-state index is 12.4. The number of aromatic amines is 1. The van der Waals surface area contributed by atoms with Crippen molar-refractivity contribution >= 4 is 44.4 Å². The van der Waals surface area contributed by atoms with E-state index < -0.39 is 5.97 Å². The minimum atomic E-state index is -0.515. The molecule has 1 heterocycles. The first kappa shape index (κ1) is 18.3. The number of aromatic nitrogens is 1. The van der Waals surface area contributed by atoms with Crippen LogP contribution in [0.2, 0.25) is 0 Å². The molecule has 0 bridgehead atoms. The molecule has 24 heavy (non-hydrogen) atoms. The molecule has 0 fully saturated rings. The first-order valence-electron chi connectivity index (χ1n) is 7.70. The van der Waals surface area contributed by atoms with Gasteiger partial charge >= 0.3 is 5.97 Å². The Morgan fingerprint density at radius 2 is 2.04 bits per heavy atom. The number of carbonyl (C=O) groups is 2. The fraction of sp³-hybridized carbons (Fsp3) is 0.412. The van der Waals surface area contributed by atoms with Gasteiger partial charge < -0.3 is 19.8 Å². The number of amides is 1. The number of halogens is 1. The first-order valence-corrected chi connectivity index (χ1v) is 8.62. The fourth-order valence-electron chi connectivity index (χ4n) is 2.28. The number of methoxy groups -OCH3 is 1. The van der Waals surface area contributed by atoms with Crippen LogP contribution in [0.25, 0.3) is 10.9 Å². The topological polar surface area (TPSA) is 80.4 Å². The summed E-state index contributed by atoms with van der Waals surface area (Å²) in [4.78, 5) is 27.3. The zero-order chi connectivity index (χ0) is 17.9. The van der Waals surface area contributed by atoms with Crippen molar-refractivity contribution in [1.29, 1.82) is 0 Å². The average Bonchev–Trinajstić information content (AvgIpc) is 2.92. The highest BCUT2D eigenvalue weighted by molar-refractivity contribution is 9.10. The van der Waals surface area contributed by atoms with Crippen LogP contribution in [-0.2, 0) is 9.53 Å². The van der Waals surface area contributed by atoms with Crippen molar-refractivity contribution in [1.82, 2.24) is 4.98 Å². The Morgan fingerprint density at radius 3 is 2.62 bits per heavy atom. The lowest BCUT2D eigenvalue weighted by molar-refractivity contribution is -0.116. The predicted octanol–water partition coefficient (Wildman–Crippen LogP) is 3.71. The average molecular weight is 397 g/mol. The lowest BCUT2D eigenvalue weighted by atomic mass is 10.1. The molecule has 2 N–H and O–H groups in total. The summed E-state index contributed by atoms with van der Waals surface area (Å²) in [5, 5.41) is 3.52. The van der Waals surface area contributed by atoms with Gasteiger partial charge in [-0.05, 0) is 31.0 Å². The van der Waals surface area contributed by atoms with Crippen LogP contribution < -0.4 is 10.1 Å². The van der Waals surface area contributed by atoms with E-state index in [0.717, 1.165) is 0 Å². The zero-order valence-corrected chi connectivity index (χ0v) is 15.7.